The third kappa shape index (κ3) is 2.61. The van der Waals surface area contributed by atoms with Crippen molar-refractivity contribution in [1.29, 1.82) is 0 Å². The Hall–Kier alpha value is -1.25. The molecule has 0 aliphatic heterocycles. The molecule has 9 heteroatoms. The van der Waals surface area contributed by atoms with Crippen LogP contribution in [-0.4, -0.2) is 9.32 Å². The monoisotopic (exact) mass is 250 g/mol. The largest absolute Gasteiger partial charge is 0.875 e. The molecule has 0 saturated carbocycles. The standard InChI is InChI=1S/C6HF7OSi/c7-2-1-3(8)6(5(10)4(2)9)14-15(11,12)13/h1H. The zero-order valence-corrected chi connectivity index (χ0v) is 7.63. The van der Waals surface area contributed by atoms with E-state index >= 15 is 0 Å². The zero-order chi connectivity index (χ0) is 11.8. The van der Waals surface area contributed by atoms with Gasteiger partial charge in [0.25, 0.3) is 0 Å². The van der Waals surface area contributed by atoms with Crippen LogP contribution < -0.4 is 4.43 Å². The van der Waals surface area contributed by atoms with Gasteiger partial charge in [0.1, 0.15) is 0 Å². The van der Waals surface area contributed by atoms with E-state index in [1.54, 1.807) is 0 Å². The Kier molecular flexibility index (Phi) is 2.93. The van der Waals surface area contributed by atoms with Crippen LogP contribution in [0.1, 0.15) is 0 Å². The number of hydrogen-bond donors (Lipinski definition) is 0. The van der Waals surface area contributed by atoms with Crippen LogP contribution in [0.3, 0.4) is 0 Å². The van der Waals surface area contributed by atoms with Gasteiger partial charge >= 0.3 is 9.32 Å². The van der Waals surface area contributed by atoms with Crippen LogP contribution in [0.2, 0.25) is 0 Å². The van der Waals surface area contributed by atoms with Gasteiger partial charge in [-0.15, -0.1) is 0 Å². The summed E-state index contributed by atoms with van der Waals surface area (Å²) in [4.78, 5) is 0. The first kappa shape index (κ1) is 11.8. The van der Waals surface area contributed by atoms with Gasteiger partial charge in [0, 0.05) is 6.07 Å². The summed E-state index contributed by atoms with van der Waals surface area (Å²) >= 11 is 0. The molecule has 15 heavy (non-hydrogen) atoms. The molecule has 0 amide bonds. The van der Waals surface area contributed by atoms with Crippen molar-refractivity contribution in [3.05, 3.63) is 29.3 Å². The van der Waals surface area contributed by atoms with Crippen LogP contribution in [0, 0.1) is 23.3 Å². The highest BCUT2D eigenvalue weighted by atomic mass is 28.5. The molecule has 0 radical (unpaired) electrons. The molecule has 0 unspecified atom stereocenters. The third-order valence-electron chi connectivity index (χ3n) is 1.29. The summed E-state index contributed by atoms with van der Waals surface area (Å²) in [5.74, 6) is -10.4. The molecule has 1 rings (SSSR count). The average Bonchev–Trinajstić information content (AvgIpc) is 2.07. The maximum Gasteiger partial charge on any atom is 0.875 e. The van der Waals surface area contributed by atoms with E-state index in [9.17, 15) is 29.9 Å². The van der Waals surface area contributed by atoms with Crippen LogP contribution in [0.15, 0.2) is 6.07 Å². The van der Waals surface area contributed by atoms with E-state index < -0.39 is 38.3 Å². The van der Waals surface area contributed by atoms with E-state index in [-0.39, 0.29) is 6.07 Å². The minimum atomic E-state index is -6.77. The number of benzene rings is 1. The Morgan fingerprint density at radius 2 is 1.40 bits per heavy atom. The predicted molar refractivity (Wildman–Crippen MR) is 36.0 cm³/mol. The van der Waals surface area contributed by atoms with E-state index in [2.05, 4.69) is 4.43 Å². The molecule has 0 aliphatic rings. The normalized spacial score (nSPS) is 11.7. The lowest BCUT2D eigenvalue weighted by molar-refractivity contribution is 0.272. The van der Waals surface area contributed by atoms with Gasteiger partial charge < -0.3 is 4.43 Å². The first-order chi connectivity index (χ1) is 6.72. The Balaban J connectivity index is 3.24. The molecule has 0 spiro atoms. The number of rotatable bonds is 2. The summed E-state index contributed by atoms with van der Waals surface area (Å²) in [5, 5.41) is 0. The van der Waals surface area contributed by atoms with E-state index in [0.29, 0.717) is 0 Å². The van der Waals surface area contributed by atoms with Crippen molar-refractivity contribution in [2.24, 2.45) is 0 Å². The lowest BCUT2D eigenvalue weighted by Gasteiger charge is -2.09. The van der Waals surface area contributed by atoms with Crippen LogP contribution in [0.5, 0.6) is 5.75 Å². The first-order valence-electron chi connectivity index (χ1n) is 3.31. The topological polar surface area (TPSA) is 9.23 Å². The molecule has 0 atom stereocenters. The summed E-state index contributed by atoms with van der Waals surface area (Å²) < 4.78 is 87.9. The molecule has 1 nitrogen and oxygen atoms in total. The van der Waals surface area contributed by atoms with Crippen LogP contribution >= 0.6 is 0 Å². The van der Waals surface area contributed by atoms with Gasteiger partial charge in [-0.2, -0.15) is 4.39 Å². The van der Waals surface area contributed by atoms with E-state index in [1.165, 1.54) is 0 Å². The fraction of sp³-hybridized carbons (Fsp3) is 0. The maximum atomic E-state index is 12.6. The van der Waals surface area contributed by atoms with E-state index in [1.807, 2.05) is 0 Å². The Morgan fingerprint density at radius 1 is 0.867 bits per heavy atom. The fourth-order valence-electron chi connectivity index (χ4n) is 0.759. The van der Waals surface area contributed by atoms with Gasteiger partial charge in [-0.3, -0.25) is 0 Å². The highest BCUT2D eigenvalue weighted by Gasteiger charge is 2.46. The molecule has 0 fully saturated rings. The lowest BCUT2D eigenvalue weighted by Crippen LogP contribution is -2.26. The molecule has 0 heterocycles. The van der Waals surface area contributed by atoms with Gasteiger partial charge in [0.05, 0.1) is 0 Å². The first-order valence-corrected chi connectivity index (χ1v) is 4.85. The van der Waals surface area contributed by atoms with Crippen molar-refractivity contribution >= 4 is 9.32 Å². The predicted octanol–water partition coefficient (Wildman–Crippen LogP) is 2.97. The van der Waals surface area contributed by atoms with Crippen LogP contribution in [0.4, 0.5) is 29.9 Å². The molecule has 0 saturated heterocycles. The summed E-state index contributed by atoms with van der Waals surface area (Å²) in [7, 11) is -6.77. The number of hydrogen-bond acceptors (Lipinski definition) is 1. The Morgan fingerprint density at radius 3 is 1.87 bits per heavy atom. The lowest BCUT2D eigenvalue weighted by atomic mass is 10.3. The van der Waals surface area contributed by atoms with Crippen molar-refractivity contribution in [2.45, 2.75) is 0 Å². The SMILES string of the molecule is Fc1cc(F)c(O[Si](F)(F)F)c(F)c1F. The Labute approximate surface area is 79.7 Å². The quantitative estimate of drug-likeness (QED) is 0.258. The second kappa shape index (κ2) is 3.72. The summed E-state index contributed by atoms with van der Waals surface area (Å²) in [5.41, 5.74) is 0. The van der Waals surface area contributed by atoms with Gasteiger partial charge in [-0.05, 0) is 0 Å². The second-order valence-corrected chi connectivity index (χ2v) is 3.44. The highest BCUT2D eigenvalue weighted by Crippen LogP contribution is 2.29. The van der Waals surface area contributed by atoms with Crippen LogP contribution in [-0.2, 0) is 0 Å². The van der Waals surface area contributed by atoms with Gasteiger partial charge in [0.15, 0.2) is 23.2 Å². The third-order valence-corrected chi connectivity index (χ3v) is 1.73. The van der Waals surface area contributed by atoms with Crippen molar-refractivity contribution in [3.63, 3.8) is 0 Å². The molecule has 0 aliphatic carbocycles. The Bertz CT molecular complexity index is 388. The average molecular weight is 250 g/mol. The number of halogens is 7. The van der Waals surface area contributed by atoms with Gasteiger partial charge in [-0.1, -0.05) is 0 Å². The van der Waals surface area contributed by atoms with Crippen molar-refractivity contribution < 1.29 is 34.3 Å². The van der Waals surface area contributed by atoms with Gasteiger partial charge in [-0.25, -0.2) is 25.5 Å². The zero-order valence-electron chi connectivity index (χ0n) is 6.63. The minimum Gasteiger partial charge on any atom is -0.466 e. The molecule has 84 valence electrons. The molecule has 1 aromatic carbocycles. The van der Waals surface area contributed by atoms with Crippen molar-refractivity contribution in [3.8, 4) is 5.75 Å². The summed E-state index contributed by atoms with van der Waals surface area (Å²) in [6.07, 6.45) is 0. The molecule has 0 aromatic heterocycles. The minimum absolute atomic E-state index is 0.228. The second-order valence-electron chi connectivity index (χ2n) is 2.35. The fourth-order valence-corrected chi connectivity index (χ4v) is 1.18. The molecule has 1 aromatic rings. The highest BCUT2D eigenvalue weighted by molar-refractivity contribution is 6.51. The maximum absolute atomic E-state index is 12.6. The van der Waals surface area contributed by atoms with Gasteiger partial charge in [0.2, 0.25) is 5.82 Å². The molecule has 0 bridgehead atoms. The van der Waals surface area contributed by atoms with E-state index in [4.69, 9.17) is 0 Å². The van der Waals surface area contributed by atoms with Crippen molar-refractivity contribution in [2.75, 3.05) is 0 Å². The smallest absolute Gasteiger partial charge is 0.466 e. The molecular weight excluding hydrogens is 249 g/mol. The van der Waals surface area contributed by atoms with Crippen molar-refractivity contribution in [1.82, 2.24) is 0 Å². The van der Waals surface area contributed by atoms with E-state index in [0.717, 1.165) is 0 Å². The molecule has 0 N–H and O–H groups in total. The summed E-state index contributed by atoms with van der Waals surface area (Å²) in [6, 6.07) is -0.228. The summed E-state index contributed by atoms with van der Waals surface area (Å²) in [6.45, 7) is 0. The van der Waals surface area contributed by atoms with Crippen LogP contribution in [0.25, 0.3) is 0 Å². The molecular formula is C6HF7OSi.